The Morgan fingerprint density at radius 1 is 1.21 bits per heavy atom. The van der Waals surface area contributed by atoms with E-state index in [1.807, 2.05) is 18.2 Å². The van der Waals surface area contributed by atoms with E-state index in [0.29, 0.717) is 12.3 Å². The standard InChI is InChI=1S/C25H36O4/c26-22(12-6-4-10-19-8-2-1-3-9-19)15-14-20-16-21-11-5-7-13-23(21)25(29,17-20)18-24(27)28/h1-3,8-9,14-15,20-23,26,29H,4-7,10-13,16-18H2,(H,27,28)/p-1/b15-14+. The van der Waals surface area contributed by atoms with Crippen LogP contribution in [0, 0.1) is 17.8 Å². The van der Waals surface area contributed by atoms with Gasteiger partial charge in [-0.15, -0.1) is 0 Å². The molecule has 5 atom stereocenters. The van der Waals surface area contributed by atoms with Gasteiger partial charge in [0.1, 0.15) is 0 Å². The molecule has 160 valence electrons. The number of hydrogen-bond donors (Lipinski definition) is 2. The predicted octanol–water partition coefficient (Wildman–Crippen LogP) is 3.40. The fourth-order valence-corrected chi connectivity index (χ4v) is 5.58. The lowest BCUT2D eigenvalue weighted by molar-refractivity contribution is -0.311. The van der Waals surface area contributed by atoms with Crippen LogP contribution in [0.25, 0.3) is 0 Å². The zero-order valence-corrected chi connectivity index (χ0v) is 17.3. The summed E-state index contributed by atoms with van der Waals surface area (Å²) in [7, 11) is 0. The lowest BCUT2D eigenvalue weighted by atomic mass is 9.59. The summed E-state index contributed by atoms with van der Waals surface area (Å²) < 4.78 is 0. The summed E-state index contributed by atoms with van der Waals surface area (Å²) in [6.45, 7) is 0. The molecule has 5 unspecified atom stereocenters. The Bertz CT molecular complexity index is 671. The van der Waals surface area contributed by atoms with Crippen molar-refractivity contribution in [2.75, 3.05) is 0 Å². The number of carbonyl (C=O) groups is 1. The number of carbonyl (C=O) groups excluding carboxylic acids is 1. The van der Waals surface area contributed by atoms with Crippen molar-refractivity contribution in [2.24, 2.45) is 17.8 Å². The summed E-state index contributed by atoms with van der Waals surface area (Å²) in [6, 6.07) is 10.4. The number of allylic oxidation sites excluding steroid dienone is 1. The molecule has 0 aromatic heterocycles. The third kappa shape index (κ3) is 6.42. The molecule has 4 nitrogen and oxygen atoms in total. The minimum Gasteiger partial charge on any atom is -0.550 e. The van der Waals surface area contributed by atoms with E-state index < -0.39 is 17.7 Å². The lowest BCUT2D eigenvalue weighted by Gasteiger charge is -2.50. The summed E-state index contributed by atoms with van der Waals surface area (Å²) in [5.74, 6) is -0.598. The van der Waals surface area contributed by atoms with Crippen molar-refractivity contribution in [1.29, 1.82) is 0 Å². The van der Waals surface area contributed by atoms with Gasteiger partial charge in [-0.3, -0.25) is 0 Å². The maximum absolute atomic E-state index is 11.2. The average Bonchev–Trinajstić information content (AvgIpc) is 2.70. The molecule has 0 saturated heterocycles. The van der Waals surface area contributed by atoms with E-state index in [4.69, 9.17) is 0 Å². The zero-order chi connectivity index (χ0) is 20.7. The topological polar surface area (TPSA) is 80.6 Å². The van der Waals surface area contributed by atoms with E-state index in [-0.39, 0.29) is 18.3 Å². The van der Waals surface area contributed by atoms with E-state index in [0.717, 1.165) is 57.8 Å². The highest BCUT2D eigenvalue weighted by molar-refractivity contribution is 5.65. The normalized spacial score (nSPS) is 30.8. The molecular formula is C25H35O4-. The number of carboxylic acid groups (broad SMARTS) is 1. The largest absolute Gasteiger partial charge is 0.550 e. The van der Waals surface area contributed by atoms with Crippen molar-refractivity contribution < 1.29 is 20.1 Å². The van der Waals surface area contributed by atoms with Crippen molar-refractivity contribution in [2.45, 2.75) is 82.3 Å². The first-order chi connectivity index (χ1) is 14.0. The van der Waals surface area contributed by atoms with Crippen LogP contribution in [0.15, 0.2) is 42.5 Å². The van der Waals surface area contributed by atoms with Gasteiger partial charge in [-0.25, -0.2) is 0 Å². The van der Waals surface area contributed by atoms with Gasteiger partial charge >= 0.3 is 0 Å². The maximum atomic E-state index is 11.2. The second-order valence-electron chi connectivity index (χ2n) is 9.19. The molecular weight excluding hydrogens is 364 g/mol. The lowest BCUT2D eigenvalue weighted by Crippen LogP contribution is -2.51. The Hall–Kier alpha value is -1.65. The highest BCUT2D eigenvalue weighted by Crippen LogP contribution is 2.49. The van der Waals surface area contributed by atoms with E-state index in [2.05, 4.69) is 24.3 Å². The monoisotopic (exact) mass is 399 g/mol. The van der Waals surface area contributed by atoms with Crippen molar-refractivity contribution in [3.63, 3.8) is 0 Å². The van der Waals surface area contributed by atoms with Gasteiger partial charge in [-0.1, -0.05) is 68.2 Å². The minimum atomic E-state index is -1.17. The summed E-state index contributed by atoms with van der Waals surface area (Å²) >= 11 is 0. The number of hydrogen-bond acceptors (Lipinski definition) is 4. The summed E-state index contributed by atoms with van der Waals surface area (Å²) in [5, 5.41) is 32.7. The number of carboxylic acids is 1. The molecule has 0 aliphatic heterocycles. The average molecular weight is 400 g/mol. The predicted molar refractivity (Wildman–Crippen MR) is 112 cm³/mol. The maximum Gasteiger partial charge on any atom is 0.0735 e. The fraction of sp³-hybridized carbons (Fsp3) is 0.640. The van der Waals surface area contributed by atoms with Crippen LogP contribution in [0.1, 0.15) is 69.8 Å². The van der Waals surface area contributed by atoms with Crippen LogP contribution >= 0.6 is 0 Å². The molecule has 2 aliphatic carbocycles. The summed E-state index contributed by atoms with van der Waals surface area (Å²) in [6.07, 6.45) is 12.5. The summed E-state index contributed by atoms with van der Waals surface area (Å²) in [5.41, 5.74) is 0.159. The minimum absolute atomic E-state index is 0.0710. The van der Waals surface area contributed by atoms with Crippen molar-refractivity contribution in [1.82, 2.24) is 0 Å². The third-order valence-electron chi connectivity index (χ3n) is 6.93. The van der Waals surface area contributed by atoms with Gasteiger partial charge in [0.25, 0.3) is 0 Å². The van der Waals surface area contributed by atoms with Gasteiger partial charge in [0.15, 0.2) is 0 Å². The number of unbranched alkanes of at least 4 members (excludes halogenated alkanes) is 1. The van der Waals surface area contributed by atoms with Crippen LogP contribution in [0.5, 0.6) is 0 Å². The second-order valence-corrected chi connectivity index (χ2v) is 9.19. The highest BCUT2D eigenvalue weighted by Gasteiger charge is 2.47. The van der Waals surface area contributed by atoms with Crippen LogP contribution in [0.3, 0.4) is 0 Å². The van der Waals surface area contributed by atoms with Gasteiger partial charge in [0, 0.05) is 12.4 Å². The molecule has 0 amide bonds. The van der Waals surface area contributed by atoms with E-state index in [1.54, 1.807) is 0 Å². The smallest absolute Gasteiger partial charge is 0.0735 e. The summed E-state index contributed by atoms with van der Waals surface area (Å²) in [4.78, 5) is 11.2. The SMILES string of the molecule is O=C([O-])CC1(O)CC(/C=C/C(O)CCCCc2ccccc2)CC2CCCCC21. The van der Waals surface area contributed by atoms with Gasteiger partial charge in [-0.2, -0.15) is 0 Å². The molecule has 2 N–H and O–H groups in total. The van der Waals surface area contributed by atoms with Gasteiger partial charge < -0.3 is 20.1 Å². The molecule has 1 aromatic carbocycles. The quantitative estimate of drug-likeness (QED) is 0.493. The molecule has 2 saturated carbocycles. The molecule has 0 spiro atoms. The third-order valence-corrected chi connectivity index (χ3v) is 6.93. The number of aryl methyl sites for hydroxylation is 1. The molecule has 4 heteroatoms. The van der Waals surface area contributed by atoms with Crippen molar-refractivity contribution in [3.8, 4) is 0 Å². The number of benzene rings is 1. The molecule has 2 aliphatic rings. The number of rotatable bonds is 9. The molecule has 29 heavy (non-hydrogen) atoms. The van der Waals surface area contributed by atoms with Gasteiger partial charge in [-0.05, 0) is 61.8 Å². The Morgan fingerprint density at radius 3 is 2.72 bits per heavy atom. The van der Waals surface area contributed by atoms with Crippen LogP contribution in [-0.2, 0) is 11.2 Å². The first-order valence-corrected chi connectivity index (χ1v) is 11.3. The Balaban J connectivity index is 1.48. The molecule has 0 bridgehead atoms. The molecule has 0 heterocycles. The number of aliphatic hydroxyl groups is 2. The highest BCUT2D eigenvalue weighted by atomic mass is 16.4. The van der Waals surface area contributed by atoms with Crippen LogP contribution in [0.2, 0.25) is 0 Å². The molecule has 2 fully saturated rings. The second kappa shape index (κ2) is 10.4. The molecule has 0 radical (unpaired) electrons. The fourth-order valence-electron chi connectivity index (χ4n) is 5.58. The van der Waals surface area contributed by atoms with Crippen LogP contribution < -0.4 is 5.11 Å². The van der Waals surface area contributed by atoms with Crippen LogP contribution in [-0.4, -0.2) is 27.9 Å². The zero-order valence-electron chi connectivity index (χ0n) is 17.3. The van der Waals surface area contributed by atoms with Crippen LogP contribution in [0.4, 0.5) is 0 Å². The Labute approximate surface area is 174 Å². The number of aliphatic carboxylic acids is 1. The van der Waals surface area contributed by atoms with Crippen molar-refractivity contribution in [3.05, 3.63) is 48.0 Å². The first kappa shape index (κ1) is 22.0. The van der Waals surface area contributed by atoms with E-state index in [9.17, 15) is 20.1 Å². The Kier molecular flexibility index (Phi) is 7.91. The van der Waals surface area contributed by atoms with Gasteiger partial charge in [0.05, 0.1) is 11.7 Å². The molecule has 1 aromatic rings. The number of fused-ring (bicyclic) bond motifs is 1. The molecule has 3 rings (SSSR count). The van der Waals surface area contributed by atoms with E-state index in [1.165, 1.54) is 5.56 Å². The number of aliphatic hydroxyl groups excluding tert-OH is 1. The van der Waals surface area contributed by atoms with E-state index >= 15 is 0 Å². The Morgan fingerprint density at radius 2 is 1.97 bits per heavy atom. The van der Waals surface area contributed by atoms with Crippen molar-refractivity contribution >= 4 is 5.97 Å². The van der Waals surface area contributed by atoms with Gasteiger partial charge in [0.2, 0.25) is 0 Å². The first-order valence-electron chi connectivity index (χ1n) is 11.3.